The lowest BCUT2D eigenvalue weighted by Crippen LogP contribution is -2.73. The Bertz CT molecular complexity index is 2080. The summed E-state index contributed by atoms with van der Waals surface area (Å²) in [6, 6.07) is 0. The molecule has 75 heavy (non-hydrogen) atoms. The fraction of sp³-hybridized carbons (Fsp3) is 0.958. The molecule has 0 saturated heterocycles. The Labute approximate surface area is 383 Å². The molecule has 14 nitrogen and oxygen atoms in total. The molecule has 0 heterocycles. The molecule has 6 N–H and O–H groups in total. The van der Waals surface area contributed by atoms with Crippen LogP contribution in [0.4, 0.5) is 154 Å². The van der Waals surface area contributed by atoms with E-state index >= 15 is 0 Å². The van der Waals surface area contributed by atoms with Crippen molar-refractivity contribution in [3.05, 3.63) is 0 Å². The van der Waals surface area contributed by atoms with Crippen LogP contribution in [0.15, 0.2) is 0 Å². The van der Waals surface area contributed by atoms with Crippen LogP contribution >= 0.6 is 15.2 Å². The van der Waals surface area contributed by atoms with Crippen molar-refractivity contribution in [3.8, 4) is 0 Å². The number of hydrogen-bond acceptors (Lipinski definition) is 9. The van der Waals surface area contributed by atoms with Gasteiger partial charge < -0.3 is 30.0 Å². The highest BCUT2D eigenvalue weighted by Crippen LogP contribution is 2.69. The molecule has 0 spiro atoms. The summed E-state index contributed by atoms with van der Waals surface area (Å²) < 4.78 is 508. The van der Waals surface area contributed by atoms with Crippen molar-refractivity contribution in [1.82, 2.24) is 5.32 Å². The molecule has 0 fully saturated rings. The molecule has 0 saturated carbocycles. The van der Waals surface area contributed by atoms with Crippen molar-refractivity contribution < 1.29 is 216 Å². The molecule has 0 rings (SSSR count). The zero-order valence-corrected chi connectivity index (χ0v) is 34.9. The summed E-state index contributed by atoms with van der Waals surface area (Å²) in [6.07, 6.45) is -104. The minimum Gasteiger partial charge on any atom is -0.368 e. The molecule has 0 aromatic heterocycles. The van der Waals surface area contributed by atoms with Crippen molar-refractivity contribution in [3.63, 3.8) is 0 Å². The topological polar surface area (TPSA) is 211 Å². The summed E-state index contributed by atoms with van der Waals surface area (Å²) in [7, 11) is -12.5. The quantitative estimate of drug-likeness (QED) is 0.0302. The number of ether oxygens (including phenoxy) is 5. The lowest BCUT2D eigenvalue weighted by Gasteiger charge is -2.44. The minimum atomic E-state index is -9.70. The monoisotopic (exact) mass is 1250 g/mol. The average molecular weight is 1250 g/mol. The predicted octanol–water partition coefficient (Wildman–Crippen LogP) is 10.0. The van der Waals surface area contributed by atoms with Gasteiger partial charge in [0.15, 0.2) is 0 Å². The molecule has 1 amide bonds. The first-order chi connectivity index (χ1) is 31.9. The highest BCUT2D eigenvalue weighted by molar-refractivity contribution is 7.72. The standard InChI is InChI=1S/C24H16F35NO13P2/c25-8(14(32,33)34,6(61)60-5-3-1-2-4-7(62,74(63,64)65)75(66,67)68)69-21(52,53)10(28,16(38,39)40)71-23(56,57)12(30,18(44,45)46)73-24(58,59)13(31,19(47,48)49)72-22(54,55)11(29,17(41,42)43)70-20(50,51)9(26,27)15(35,36)37/h62H,1-5H2,(H,60,61)(H2,63,64,65)(H2,66,67,68). The Balaban J connectivity index is 7.67. The number of rotatable bonds is 24. The van der Waals surface area contributed by atoms with Crippen molar-refractivity contribution >= 4 is 21.1 Å². The number of alkyl halides is 35. The van der Waals surface area contributed by atoms with Gasteiger partial charge in [0.25, 0.3) is 11.0 Å². The van der Waals surface area contributed by atoms with E-state index in [0.717, 1.165) is 18.9 Å². The summed E-state index contributed by atoms with van der Waals surface area (Å²) >= 11 is 0. The highest BCUT2D eigenvalue weighted by atomic mass is 31.2. The summed E-state index contributed by atoms with van der Waals surface area (Å²) in [5.74, 6) is -58.3. The Morgan fingerprint density at radius 1 is 0.360 bits per heavy atom. The molecule has 5 unspecified atom stereocenters. The molecular formula is C24H16F35NO13P2. The van der Waals surface area contributed by atoms with Gasteiger partial charge in [0.2, 0.25) is 0 Å². The van der Waals surface area contributed by atoms with E-state index < -0.39 is 161 Å². The molecule has 0 radical (unpaired) electrons. The molecular weight excluding hydrogens is 1240 g/mol. The third-order valence-corrected chi connectivity index (χ3v) is 12.0. The number of amides is 1. The van der Waals surface area contributed by atoms with Crippen LogP contribution in [0.25, 0.3) is 0 Å². The number of carbonyl (C=O) groups is 1. The first-order valence-electron chi connectivity index (χ1n) is 16.7. The third-order valence-electron chi connectivity index (χ3n) is 8.09. The molecule has 51 heteroatoms. The van der Waals surface area contributed by atoms with Gasteiger partial charge in [-0.3, -0.25) is 37.6 Å². The predicted molar refractivity (Wildman–Crippen MR) is 151 cm³/mol. The second kappa shape index (κ2) is 20.3. The van der Waals surface area contributed by atoms with Gasteiger partial charge >= 0.3 is 118 Å². The van der Waals surface area contributed by atoms with E-state index in [1.165, 1.54) is 0 Å². The molecule has 5 atom stereocenters. The Kier molecular flexibility index (Phi) is 19.5. The van der Waals surface area contributed by atoms with E-state index in [-0.39, 0.29) is 0 Å². The smallest absolute Gasteiger partial charge is 0.368 e. The number of halogens is 35. The van der Waals surface area contributed by atoms with E-state index in [4.69, 9.17) is 19.6 Å². The summed E-state index contributed by atoms with van der Waals surface area (Å²) in [5, 5.41) is 5.68. The zero-order valence-electron chi connectivity index (χ0n) is 33.2. The van der Waals surface area contributed by atoms with Gasteiger partial charge in [-0.05, 0) is 19.3 Å². The second-order valence-electron chi connectivity index (χ2n) is 13.6. The van der Waals surface area contributed by atoms with Crippen molar-refractivity contribution in [2.75, 3.05) is 6.54 Å². The number of nitrogens with one attached hydrogen (secondary N) is 1. The molecule has 0 aliphatic heterocycles. The van der Waals surface area contributed by atoms with Gasteiger partial charge in [-0.1, -0.05) is 6.42 Å². The maximum atomic E-state index is 14.9. The molecule has 0 bridgehead atoms. The second-order valence-corrected chi connectivity index (χ2v) is 17.6. The van der Waals surface area contributed by atoms with Crippen molar-refractivity contribution in [1.29, 1.82) is 0 Å². The van der Waals surface area contributed by atoms with Gasteiger partial charge in [-0.2, -0.15) is 154 Å². The largest absolute Gasteiger partial charge is 0.462 e. The lowest BCUT2D eigenvalue weighted by molar-refractivity contribution is -0.600. The third kappa shape index (κ3) is 13.2. The van der Waals surface area contributed by atoms with Gasteiger partial charge in [-0.25, -0.2) is 0 Å². The van der Waals surface area contributed by atoms with Crippen LogP contribution in [-0.2, 0) is 37.6 Å². The first-order valence-corrected chi connectivity index (χ1v) is 19.9. The van der Waals surface area contributed by atoms with Crippen LogP contribution in [0.3, 0.4) is 0 Å². The summed E-state index contributed by atoms with van der Waals surface area (Å²) in [4.78, 5) is 47.7. The van der Waals surface area contributed by atoms with Gasteiger partial charge in [0.05, 0.1) is 0 Å². The SMILES string of the molecule is O=C(NCCCCCC(O)(P(=O)(O)O)P(=O)(O)O)C(F)(OC(F)(F)C(F)(OC(F)(F)C(F)(OC(F)(F)C(F)(OC(F)(F)C(F)(OC(F)(F)C(F)(F)C(F)(F)F)C(F)(F)F)C(F)(F)F)C(F)(F)F)C(F)(F)F)C(F)(F)F. The molecule has 0 aliphatic carbocycles. The Hall–Kier alpha value is -2.92. The van der Waals surface area contributed by atoms with Crippen molar-refractivity contribution in [2.24, 2.45) is 0 Å². The van der Waals surface area contributed by atoms with Crippen molar-refractivity contribution in [2.45, 2.75) is 134 Å². The summed E-state index contributed by atoms with van der Waals surface area (Å²) in [6.45, 7) is -1.88. The average Bonchev–Trinajstić information content (AvgIpc) is 3.10. The number of unbranched alkanes of at least 4 members (excludes halogenated alkanes) is 2. The zero-order chi connectivity index (χ0) is 61.4. The van der Waals surface area contributed by atoms with Crippen LogP contribution < -0.4 is 5.32 Å². The summed E-state index contributed by atoms with van der Waals surface area (Å²) in [5.41, 5.74) is 0. The van der Waals surface area contributed by atoms with E-state index in [1.807, 2.05) is 0 Å². The fourth-order valence-corrected chi connectivity index (χ4v) is 6.43. The van der Waals surface area contributed by atoms with E-state index in [9.17, 15) is 173 Å². The maximum absolute atomic E-state index is 14.9. The number of carbonyl (C=O) groups excluding carboxylic acids is 1. The number of hydrogen-bond donors (Lipinski definition) is 6. The minimum absolute atomic E-state index is 0.334. The van der Waals surface area contributed by atoms with Crippen LogP contribution in [-0.4, -0.2) is 145 Å². The van der Waals surface area contributed by atoms with E-state index in [2.05, 4.69) is 0 Å². The van der Waals surface area contributed by atoms with Crippen LogP contribution in [0.2, 0.25) is 0 Å². The van der Waals surface area contributed by atoms with E-state index in [0.29, 0.717) is 5.32 Å². The Morgan fingerprint density at radius 3 is 0.840 bits per heavy atom. The maximum Gasteiger partial charge on any atom is 0.462 e. The lowest BCUT2D eigenvalue weighted by atomic mass is 10.2. The van der Waals surface area contributed by atoms with Gasteiger partial charge in [0.1, 0.15) is 0 Å². The van der Waals surface area contributed by atoms with Crippen LogP contribution in [0.5, 0.6) is 0 Å². The van der Waals surface area contributed by atoms with Crippen LogP contribution in [0, 0.1) is 0 Å². The van der Waals surface area contributed by atoms with Gasteiger partial charge in [0, 0.05) is 6.54 Å². The van der Waals surface area contributed by atoms with Gasteiger partial charge in [-0.15, -0.1) is 0 Å². The number of aliphatic hydroxyl groups is 1. The van der Waals surface area contributed by atoms with E-state index in [1.54, 1.807) is 4.74 Å². The first kappa shape index (κ1) is 72.1. The molecule has 0 aliphatic rings. The molecule has 0 aromatic rings. The highest BCUT2D eigenvalue weighted by Gasteiger charge is 2.91. The molecule has 450 valence electrons. The molecule has 0 aromatic carbocycles. The fourth-order valence-electron chi connectivity index (χ4n) is 4.18. The van der Waals surface area contributed by atoms with Crippen LogP contribution in [0.1, 0.15) is 25.7 Å². The Morgan fingerprint density at radius 2 is 0.613 bits per heavy atom. The normalized spacial score (nSPS) is 19.6.